The molecule has 86 valence electrons. The van der Waals surface area contributed by atoms with E-state index in [1.807, 2.05) is 12.1 Å². The smallest absolute Gasteiger partial charge is 0.119 e. The zero-order valence-electron chi connectivity index (χ0n) is 9.89. The van der Waals surface area contributed by atoms with Crippen LogP contribution in [0.15, 0.2) is 48.1 Å². The van der Waals surface area contributed by atoms with Crippen molar-refractivity contribution in [2.75, 3.05) is 6.61 Å². The van der Waals surface area contributed by atoms with Gasteiger partial charge in [-0.3, -0.25) is 0 Å². The Hall–Kier alpha value is -2.01. The molecule has 0 heterocycles. The van der Waals surface area contributed by atoms with E-state index in [1.165, 1.54) is 5.57 Å². The summed E-state index contributed by atoms with van der Waals surface area (Å²) < 4.78 is 5.69. The SMILES string of the molecule is CC1=CCC(COc2ccc(C#N)cc2)C=C1. The van der Waals surface area contributed by atoms with E-state index >= 15 is 0 Å². The monoisotopic (exact) mass is 225 g/mol. The Labute approximate surface area is 102 Å². The fraction of sp³-hybridized carbons (Fsp3) is 0.267. The molecular weight excluding hydrogens is 210 g/mol. The van der Waals surface area contributed by atoms with Crippen LogP contribution >= 0.6 is 0 Å². The van der Waals surface area contributed by atoms with Gasteiger partial charge in [0.05, 0.1) is 18.2 Å². The van der Waals surface area contributed by atoms with Gasteiger partial charge in [0, 0.05) is 5.92 Å². The minimum Gasteiger partial charge on any atom is -0.493 e. The lowest BCUT2D eigenvalue weighted by Gasteiger charge is -2.15. The average Bonchev–Trinajstić information content (AvgIpc) is 2.39. The van der Waals surface area contributed by atoms with Gasteiger partial charge in [0.25, 0.3) is 0 Å². The van der Waals surface area contributed by atoms with E-state index in [-0.39, 0.29) is 0 Å². The molecular formula is C15H15NO. The standard InChI is InChI=1S/C15H15NO/c1-12-2-4-14(5-3-12)11-17-15-8-6-13(10-16)7-9-15/h2-4,6-9,14H,5,11H2,1H3. The molecule has 17 heavy (non-hydrogen) atoms. The molecule has 0 saturated heterocycles. The molecule has 1 atom stereocenters. The van der Waals surface area contributed by atoms with Gasteiger partial charge in [-0.1, -0.05) is 23.8 Å². The van der Waals surface area contributed by atoms with E-state index in [0.29, 0.717) is 18.1 Å². The molecule has 0 amide bonds. The molecule has 2 rings (SSSR count). The number of ether oxygens (including phenoxy) is 1. The summed E-state index contributed by atoms with van der Waals surface area (Å²) in [6, 6.07) is 9.32. The lowest BCUT2D eigenvalue weighted by molar-refractivity contribution is 0.275. The molecule has 1 unspecified atom stereocenters. The number of nitriles is 1. The number of hydrogen-bond acceptors (Lipinski definition) is 2. The Balaban J connectivity index is 1.86. The Morgan fingerprint density at radius 1 is 1.35 bits per heavy atom. The molecule has 0 fully saturated rings. The molecule has 2 nitrogen and oxygen atoms in total. The van der Waals surface area contributed by atoms with Crippen molar-refractivity contribution in [3.05, 3.63) is 53.6 Å². The molecule has 1 aliphatic rings. The van der Waals surface area contributed by atoms with Gasteiger partial charge in [0.1, 0.15) is 5.75 Å². The van der Waals surface area contributed by atoms with Crippen molar-refractivity contribution < 1.29 is 4.74 Å². The Morgan fingerprint density at radius 2 is 2.12 bits per heavy atom. The molecule has 1 aliphatic carbocycles. The highest BCUT2D eigenvalue weighted by molar-refractivity contribution is 5.34. The quantitative estimate of drug-likeness (QED) is 0.789. The van der Waals surface area contributed by atoms with Crippen molar-refractivity contribution in [1.29, 1.82) is 5.26 Å². The molecule has 1 aromatic carbocycles. The Bertz CT molecular complexity index is 477. The van der Waals surface area contributed by atoms with Crippen LogP contribution in [-0.2, 0) is 0 Å². The van der Waals surface area contributed by atoms with Crippen LogP contribution in [0, 0.1) is 17.2 Å². The molecule has 0 aliphatic heterocycles. The first kappa shape index (κ1) is 11.5. The summed E-state index contributed by atoms with van der Waals surface area (Å²) in [4.78, 5) is 0. The van der Waals surface area contributed by atoms with E-state index in [2.05, 4.69) is 31.2 Å². The predicted octanol–water partition coefficient (Wildman–Crippen LogP) is 3.46. The second-order valence-electron chi connectivity index (χ2n) is 4.25. The van der Waals surface area contributed by atoms with Gasteiger partial charge in [0.2, 0.25) is 0 Å². The van der Waals surface area contributed by atoms with Crippen LogP contribution < -0.4 is 4.74 Å². The van der Waals surface area contributed by atoms with Gasteiger partial charge in [-0.2, -0.15) is 5.26 Å². The van der Waals surface area contributed by atoms with E-state index in [4.69, 9.17) is 10.00 Å². The van der Waals surface area contributed by atoms with Crippen molar-refractivity contribution in [3.8, 4) is 11.8 Å². The summed E-state index contributed by atoms with van der Waals surface area (Å²) in [5.74, 6) is 1.28. The van der Waals surface area contributed by atoms with Gasteiger partial charge < -0.3 is 4.74 Å². The van der Waals surface area contributed by atoms with Crippen molar-refractivity contribution in [3.63, 3.8) is 0 Å². The summed E-state index contributed by atoms with van der Waals surface area (Å²) in [5, 5.41) is 8.68. The third-order valence-corrected chi connectivity index (χ3v) is 2.82. The largest absolute Gasteiger partial charge is 0.493 e. The highest BCUT2D eigenvalue weighted by Gasteiger charge is 2.07. The van der Waals surface area contributed by atoms with Crippen molar-refractivity contribution in [2.45, 2.75) is 13.3 Å². The zero-order valence-corrected chi connectivity index (χ0v) is 9.89. The number of hydrogen-bond donors (Lipinski definition) is 0. The highest BCUT2D eigenvalue weighted by Crippen LogP contribution is 2.18. The fourth-order valence-corrected chi connectivity index (χ4v) is 1.72. The lowest BCUT2D eigenvalue weighted by Crippen LogP contribution is -2.10. The van der Waals surface area contributed by atoms with Gasteiger partial charge in [-0.05, 0) is 37.6 Å². The normalized spacial score (nSPS) is 18.4. The van der Waals surface area contributed by atoms with E-state index in [0.717, 1.165) is 12.2 Å². The topological polar surface area (TPSA) is 33.0 Å². The third kappa shape index (κ3) is 3.22. The van der Waals surface area contributed by atoms with Crippen LogP contribution in [0.1, 0.15) is 18.9 Å². The maximum atomic E-state index is 8.68. The van der Waals surface area contributed by atoms with Crippen LogP contribution in [0.4, 0.5) is 0 Å². The fourth-order valence-electron chi connectivity index (χ4n) is 1.72. The molecule has 0 saturated carbocycles. The van der Waals surface area contributed by atoms with Crippen molar-refractivity contribution in [2.24, 2.45) is 5.92 Å². The minimum absolute atomic E-state index is 0.453. The lowest BCUT2D eigenvalue weighted by atomic mass is 9.98. The first-order valence-corrected chi connectivity index (χ1v) is 5.76. The van der Waals surface area contributed by atoms with Crippen molar-refractivity contribution in [1.82, 2.24) is 0 Å². The Kier molecular flexibility index (Phi) is 3.62. The van der Waals surface area contributed by atoms with E-state index in [1.54, 1.807) is 12.1 Å². The first-order valence-electron chi connectivity index (χ1n) is 5.76. The number of benzene rings is 1. The minimum atomic E-state index is 0.453. The number of rotatable bonds is 3. The van der Waals surface area contributed by atoms with Crippen LogP contribution in [-0.4, -0.2) is 6.61 Å². The van der Waals surface area contributed by atoms with E-state index < -0.39 is 0 Å². The van der Waals surface area contributed by atoms with Crippen LogP contribution in [0.25, 0.3) is 0 Å². The Morgan fingerprint density at radius 3 is 2.71 bits per heavy atom. The molecule has 0 aromatic heterocycles. The van der Waals surface area contributed by atoms with E-state index in [9.17, 15) is 0 Å². The number of allylic oxidation sites excluding steroid dienone is 3. The van der Waals surface area contributed by atoms with Crippen molar-refractivity contribution >= 4 is 0 Å². The summed E-state index contributed by atoms with van der Waals surface area (Å²) in [5.41, 5.74) is 1.98. The van der Waals surface area contributed by atoms with Crippen LogP contribution in [0.2, 0.25) is 0 Å². The molecule has 0 N–H and O–H groups in total. The van der Waals surface area contributed by atoms with Gasteiger partial charge in [0.15, 0.2) is 0 Å². The van der Waals surface area contributed by atoms with Crippen LogP contribution in [0.3, 0.4) is 0 Å². The highest BCUT2D eigenvalue weighted by atomic mass is 16.5. The predicted molar refractivity (Wildman–Crippen MR) is 67.7 cm³/mol. The summed E-state index contributed by atoms with van der Waals surface area (Å²) in [7, 11) is 0. The van der Waals surface area contributed by atoms with Gasteiger partial charge in [-0.15, -0.1) is 0 Å². The second kappa shape index (κ2) is 5.36. The first-order chi connectivity index (χ1) is 8.28. The molecule has 2 heteroatoms. The van der Waals surface area contributed by atoms with Crippen LogP contribution in [0.5, 0.6) is 5.75 Å². The summed E-state index contributed by atoms with van der Waals surface area (Å²) in [6.45, 7) is 2.79. The third-order valence-electron chi connectivity index (χ3n) is 2.82. The molecule has 0 bridgehead atoms. The molecule has 0 spiro atoms. The molecule has 1 aromatic rings. The number of nitrogens with zero attached hydrogens (tertiary/aromatic N) is 1. The van der Waals surface area contributed by atoms with Gasteiger partial charge in [-0.25, -0.2) is 0 Å². The summed E-state index contributed by atoms with van der Waals surface area (Å²) in [6.07, 6.45) is 7.60. The maximum Gasteiger partial charge on any atom is 0.119 e. The second-order valence-corrected chi connectivity index (χ2v) is 4.25. The maximum absolute atomic E-state index is 8.68. The molecule has 0 radical (unpaired) electrons. The average molecular weight is 225 g/mol. The zero-order chi connectivity index (χ0) is 12.1. The van der Waals surface area contributed by atoms with Gasteiger partial charge >= 0.3 is 0 Å². The summed E-state index contributed by atoms with van der Waals surface area (Å²) >= 11 is 0.